The third-order valence-corrected chi connectivity index (χ3v) is 12.7. The van der Waals surface area contributed by atoms with E-state index in [1.807, 2.05) is 143 Å². The predicted octanol–water partition coefficient (Wildman–Crippen LogP) is 18.0. The Morgan fingerprint density at radius 3 is 1.05 bits per heavy atom. The molecule has 326 valence electrons. The minimum Gasteiger partial charge on any atom is -0.307 e. The lowest BCUT2D eigenvalue weighted by Gasteiger charge is -2.30. The molecule has 0 spiro atoms. The Bertz CT molecular complexity index is 3210. The molecule has 10 aromatic carbocycles. The van der Waals surface area contributed by atoms with Gasteiger partial charge in [0.1, 0.15) is 23.3 Å². The predicted molar refractivity (Wildman–Crippen MR) is 268 cm³/mol. The summed E-state index contributed by atoms with van der Waals surface area (Å²) in [5.74, 6) is -2.69. The van der Waals surface area contributed by atoms with Crippen molar-refractivity contribution in [2.45, 2.75) is 52.4 Å². The van der Waals surface area contributed by atoms with E-state index >= 15 is 17.6 Å². The highest BCUT2D eigenvalue weighted by molar-refractivity contribution is 6.28. The summed E-state index contributed by atoms with van der Waals surface area (Å²) in [6.45, 7) is 12.5. The fourth-order valence-electron chi connectivity index (χ4n) is 9.70. The number of hydrogen-bond acceptors (Lipinski definition) is 2. The molecule has 0 saturated carbocycles. The van der Waals surface area contributed by atoms with E-state index < -0.39 is 23.3 Å². The van der Waals surface area contributed by atoms with Crippen LogP contribution in [0.15, 0.2) is 182 Å². The maximum Gasteiger partial charge on any atom is 0.150 e. The quantitative estimate of drug-likeness (QED) is 0.111. The molecular weight excluding hydrogens is 825 g/mol. The normalized spacial score (nSPS) is 12.1. The zero-order valence-corrected chi connectivity index (χ0v) is 37.7. The molecule has 10 aromatic rings. The number of benzene rings is 10. The van der Waals surface area contributed by atoms with Crippen LogP contribution in [0.4, 0.5) is 51.7 Å². The number of hydrogen-bond donors (Lipinski definition) is 0. The summed E-state index contributed by atoms with van der Waals surface area (Å²) >= 11 is 0. The molecule has 0 aliphatic heterocycles. The number of halogens is 4. The highest BCUT2D eigenvalue weighted by Crippen LogP contribution is 2.50. The Labute approximate surface area is 383 Å². The van der Waals surface area contributed by atoms with Gasteiger partial charge in [-0.15, -0.1) is 0 Å². The molecule has 0 radical (unpaired) electrons. The first-order valence-electron chi connectivity index (χ1n) is 22.3. The SMILES string of the molecule is CC(C)(C)c1ccccc1-c1cc(N(c2ccccc2)c2ccc3ccc4c(N(c5ccccc5)c5cc(-c6ccccc6C(C)(C)C)c(F)cc5F)ccc5ccc2c3c54)c(F)cc1F. The molecule has 0 aromatic heterocycles. The summed E-state index contributed by atoms with van der Waals surface area (Å²) in [5.41, 5.74) is 6.46. The number of anilines is 6. The maximum absolute atomic E-state index is 16.7. The van der Waals surface area contributed by atoms with Crippen LogP contribution in [-0.4, -0.2) is 0 Å². The van der Waals surface area contributed by atoms with Gasteiger partial charge in [0.2, 0.25) is 0 Å². The Balaban J connectivity index is 1.21. The molecule has 10 rings (SSSR count). The van der Waals surface area contributed by atoms with Gasteiger partial charge in [-0.2, -0.15) is 0 Å². The minimum absolute atomic E-state index is 0.197. The van der Waals surface area contributed by atoms with Gasteiger partial charge in [0.05, 0.1) is 22.7 Å². The van der Waals surface area contributed by atoms with E-state index in [0.29, 0.717) is 45.0 Å². The molecule has 6 heteroatoms. The van der Waals surface area contributed by atoms with E-state index in [2.05, 4.69) is 65.8 Å². The Kier molecular flexibility index (Phi) is 10.4. The van der Waals surface area contributed by atoms with Crippen molar-refractivity contribution in [3.05, 3.63) is 216 Å². The van der Waals surface area contributed by atoms with E-state index in [1.54, 1.807) is 12.1 Å². The van der Waals surface area contributed by atoms with Crippen LogP contribution in [-0.2, 0) is 10.8 Å². The molecule has 0 bridgehead atoms. The van der Waals surface area contributed by atoms with E-state index in [4.69, 9.17) is 0 Å². The summed E-state index contributed by atoms with van der Waals surface area (Å²) < 4.78 is 65.7. The van der Waals surface area contributed by atoms with Crippen LogP contribution in [0.1, 0.15) is 52.7 Å². The zero-order valence-electron chi connectivity index (χ0n) is 37.7. The van der Waals surface area contributed by atoms with Gasteiger partial charge in [-0.3, -0.25) is 0 Å². The van der Waals surface area contributed by atoms with E-state index in [1.165, 1.54) is 0 Å². The largest absolute Gasteiger partial charge is 0.307 e. The fourth-order valence-corrected chi connectivity index (χ4v) is 9.70. The van der Waals surface area contributed by atoms with Gasteiger partial charge in [-0.1, -0.05) is 163 Å². The number of rotatable bonds is 8. The highest BCUT2D eigenvalue weighted by Gasteiger charge is 2.28. The first kappa shape index (κ1) is 42.5. The second kappa shape index (κ2) is 16.2. The second-order valence-corrected chi connectivity index (χ2v) is 19.1. The van der Waals surface area contributed by atoms with Crippen LogP contribution in [0.25, 0.3) is 54.6 Å². The van der Waals surface area contributed by atoms with Crippen molar-refractivity contribution in [3.8, 4) is 22.3 Å². The van der Waals surface area contributed by atoms with Gasteiger partial charge >= 0.3 is 0 Å². The average molecular weight is 873 g/mol. The van der Waals surface area contributed by atoms with Crippen molar-refractivity contribution >= 4 is 66.4 Å². The van der Waals surface area contributed by atoms with Crippen LogP contribution in [0, 0.1) is 23.3 Å². The molecule has 0 unspecified atom stereocenters. The van der Waals surface area contributed by atoms with Gasteiger partial charge < -0.3 is 9.80 Å². The lowest BCUT2D eigenvalue weighted by atomic mass is 9.81. The topological polar surface area (TPSA) is 6.48 Å². The first-order valence-corrected chi connectivity index (χ1v) is 22.3. The summed E-state index contributed by atoms with van der Waals surface area (Å²) in [4.78, 5) is 3.73. The third-order valence-electron chi connectivity index (χ3n) is 12.7. The maximum atomic E-state index is 16.7. The Morgan fingerprint density at radius 2 is 0.667 bits per heavy atom. The van der Waals surface area contributed by atoms with Crippen molar-refractivity contribution in [2.75, 3.05) is 9.80 Å². The van der Waals surface area contributed by atoms with Crippen LogP contribution >= 0.6 is 0 Å². The van der Waals surface area contributed by atoms with Crippen molar-refractivity contribution in [3.63, 3.8) is 0 Å². The van der Waals surface area contributed by atoms with Gasteiger partial charge in [0.15, 0.2) is 0 Å². The van der Waals surface area contributed by atoms with E-state index in [9.17, 15) is 0 Å². The Hall–Kier alpha value is -7.44. The summed E-state index contributed by atoms with van der Waals surface area (Å²) in [7, 11) is 0. The molecule has 0 fully saturated rings. The van der Waals surface area contributed by atoms with Crippen LogP contribution in [0.5, 0.6) is 0 Å². The second-order valence-electron chi connectivity index (χ2n) is 19.1. The lowest BCUT2D eigenvalue weighted by molar-refractivity contribution is 0.580. The van der Waals surface area contributed by atoms with E-state index in [0.717, 1.165) is 55.6 Å². The van der Waals surface area contributed by atoms with Crippen molar-refractivity contribution in [2.24, 2.45) is 0 Å². The highest BCUT2D eigenvalue weighted by atomic mass is 19.1. The zero-order chi connectivity index (χ0) is 46.1. The standard InChI is InChI=1S/C60H48F4N2/c1-59(2,3)47-23-15-13-21-41(47)45-33-55(51(63)35-49(45)61)65(39-17-9-7-10-18-39)53-31-27-37-26-30-44-54(32-28-38-25-29-43(53)57(37)58(38)44)66(40-19-11-8-12-20-40)56-34-46(50(62)36-52(56)64)42-22-14-16-24-48(42)60(4,5)6/h7-36H,1-6H3. The smallest absolute Gasteiger partial charge is 0.150 e. The van der Waals surface area contributed by atoms with Gasteiger partial charge in [0.25, 0.3) is 0 Å². The fraction of sp³-hybridized carbons (Fsp3) is 0.133. The molecule has 0 heterocycles. The number of nitrogens with zero attached hydrogens (tertiary/aromatic N) is 2. The van der Waals surface area contributed by atoms with Gasteiger partial charge in [-0.25, -0.2) is 17.6 Å². The molecule has 0 aliphatic rings. The van der Waals surface area contributed by atoms with Crippen LogP contribution in [0.3, 0.4) is 0 Å². The first-order chi connectivity index (χ1) is 31.7. The average Bonchev–Trinajstić information content (AvgIpc) is 3.30. The summed E-state index contributed by atoms with van der Waals surface area (Å²) in [5, 5.41) is 5.45. The molecule has 2 nitrogen and oxygen atoms in total. The van der Waals surface area contributed by atoms with Gasteiger partial charge in [0, 0.05) is 45.4 Å². The summed E-state index contributed by atoms with van der Waals surface area (Å²) in [6.07, 6.45) is 0. The minimum atomic E-state index is -0.703. The lowest BCUT2D eigenvalue weighted by Crippen LogP contribution is -2.15. The van der Waals surface area contributed by atoms with Crippen molar-refractivity contribution in [1.29, 1.82) is 0 Å². The van der Waals surface area contributed by atoms with Gasteiger partial charge in [-0.05, 0) is 103 Å². The number of para-hydroxylation sites is 2. The van der Waals surface area contributed by atoms with Crippen LogP contribution < -0.4 is 9.80 Å². The van der Waals surface area contributed by atoms with Crippen molar-refractivity contribution in [1.82, 2.24) is 0 Å². The molecule has 66 heavy (non-hydrogen) atoms. The monoisotopic (exact) mass is 872 g/mol. The third kappa shape index (κ3) is 7.31. The summed E-state index contributed by atoms with van der Waals surface area (Å²) in [6, 6.07) is 56.0. The molecule has 0 aliphatic carbocycles. The van der Waals surface area contributed by atoms with E-state index in [-0.39, 0.29) is 22.2 Å². The molecule has 0 amide bonds. The Morgan fingerprint density at radius 1 is 0.318 bits per heavy atom. The van der Waals surface area contributed by atoms with Crippen molar-refractivity contribution < 1.29 is 17.6 Å². The molecule has 0 saturated heterocycles. The van der Waals surface area contributed by atoms with Crippen LogP contribution in [0.2, 0.25) is 0 Å². The molecule has 0 N–H and O–H groups in total. The molecule has 0 atom stereocenters. The molecular formula is C60H48F4N2.